The smallest absolute Gasteiger partial charge is 0.312 e. The zero-order chi connectivity index (χ0) is 17.5. The summed E-state index contributed by atoms with van der Waals surface area (Å²) >= 11 is 3.13. The maximum atomic E-state index is 11.6. The Bertz CT molecular complexity index is 777. The minimum absolute atomic E-state index is 0.0131. The summed E-state index contributed by atoms with van der Waals surface area (Å²) in [6.07, 6.45) is 1.39. The van der Waals surface area contributed by atoms with Crippen molar-refractivity contribution in [1.29, 1.82) is 0 Å². The maximum absolute atomic E-state index is 11.6. The summed E-state index contributed by atoms with van der Waals surface area (Å²) in [5.74, 6) is -0.455. The van der Waals surface area contributed by atoms with Crippen LogP contribution in [0.2, 0.25) is 0 Å². The van der Waals surface area contributed by atoms with Gasteiger partial charge in [0.25, 0.3) is 5.91 Å². The summed E-state index contributed by atoms with van der Waals surface area (Å²) < 4.78 is 5.68. The molecule has 2 rings (SSSR count). The van der Waals surface area contributed by atoms with Crippen molar-refractivity contribution in [3.63, 3.8) is 0 Å². The van der Waals surface area contributed by atoms with Crippen LogP contribution in [-0.4, -0.2) is 28.8 Å². The number of carbonyl (C=O) groups is 1. The van der Waals surface area contributed by atoms with Gasteiger partial charge in [0.1, 0.15) is 5.75 Å². The lowest BCUT2D eigenvalue weighted by Gasteiger charge is -2.06. The molecule has 2 aromatic carbocycles. The van der Waals surface area contributed by atoms with E-state index < -0.39 is 17.4 Å². The van der Waals surface area contributed by atoms with Crippen LogP contribution in [0.5, 0.6) is 11.5 Å². The summed E-state index contributed by atoms with van der Waals surface area (Å²) in [6, 6.07) is 10.5. The number of hydrazone groups is 1. The molecule has 24 heavy (non-hydrogen) atoms. The van der Waals surface area contributed by atoms with Gasteiger partial charge in [-0.3, -0.25) is 14.9 Å². The number of carbonyl (C=O) groups excluding carboxylic acids is 1. The van der Waals surface area contributed by atoms with Gasteiger partial charge in [-0.1, -0.05) is 15.9 Å². The van der Waals surface area contributed by atoms with Crippen molar-refractivity contribution in [1.82, 2.24) is 5.43 Å². The highest BCUT2D eigenvalue weighted by Crippen LogP contribution is 2.29. The molecule has 0 saturated carbocycles. The normalized spacial score (nSPS) is 10.5. The zero-order valence-electron chi connectivity index (χ0n) is 12.2. The van der Waals surface area contributed by atoms with E-state index in [1.54, 1.807) is 18.2 Å². The number of nitrogens with zero attached hydrogens (tertiary/aromatic N) is 2. The Hall–Kier alpha value is -2.94. The largest absolute Gasteiger partial charge is 0.508 e. The molecule has 0 bridgehead atoms. The molecule has 0 atom stereocenters. The van der Waals surface area contributed by atoms with Crippen LogP contribution in [0.4, 0.5) is 5.69 Å². The lowest BCUT2D eigenvalue weighted by molar-refractivity contribution is -0.385. The third-order valence-electron chi connectivity index (χ3n) is 2.77. The summed E-state index contributed by atoms with van der Waals surface area (Å²) in [5, 5.41) is 23.8. The fourth-order valence-corrected chi connectivity index (χ4v) is 2.02. The second kappa shape index (κ2) is 8.06. The van der Waals surface area contributed by atoms with Crippen LogP contribution in [0.3, 0.4) is 0 Å². The lowest BCUT2D eigenvalue weighted by atomic mass is 10.2. The molecule has 0 unspecified atom stereocenters. The van der Waals surface area contributed by atoms with Crippen molar-refractivity contribution in [3.8, 4) is 11.5 Å². The molecule has 0 aliphatic heterocycles. The fourth-order valence-electron chi connectivity index (χ4n) is 1.67. The van der Waals surface area contributed by atoms with Crippen LogP contribution in [0.15, 0.2) is 52.0 Å². The van der Waals surface area contributed by atoms with Gasteiger partial charge < -0.3 is 9.84 Å². The highest BCUT2D eigenvalue weighted by Gasteiger charge is 2.16. The molecule has 0 aliphatic rings. The summed E-state index contributed by atoms with van der Waals surface area (Å²) in [6.45, 7) is -0.421. The number of amides is 1. The van der Waals surface area contributed by atoms with Crippen LogP contribution in [0.25, 0.3) is 0 Å². The van der Waals surface area contributed by atoms with Crippen molar-refractivity contribution in [3.05, 3.63) is 62.6 Å². The summed E-state index contributed by atoms with van der Waals surface area (Å²) in [7, 11) is 0. The monoisotopic (exact) mass is 393 g/mol. The van der Waals surface area contributed by atoms with Crippen molar-refractivity contribution in [2.24, 2.45) is 5.10 Å². The van der Waals surface area contributed by atoms with Gasteiger partial charge in [-0.25, -0.2) is 5.43 Å². The van der Waals surface area contributed by atoms with Crippen LogP contribution in [-0.2, 0) is 4.79 Å². The number of nitrogens with one attached hydrogen (secondary N) is 1. The third kappa shape index (κ3) is 5.06. The Kier molecular flexibility index (Phi) is 5.85. The predicted octanol–water partition coefficient (Wildman–Crippen LogP) is 2.59. The Morgan fingerprint density at radius 3 is 2.71 bits per heavy atom. The molecule has 0 aliphatic carbocycles. The average molecular weight is 394 g/mol. The molecule has 0 fully saturated rings. The Balaban J connectivity index is 1.89. The van der Waals surface area contributed by atoms with E-state index in [1.807, 2.05) is 0 Å². The second-order valence-electron chi connectivity index (χ2n) is 4.54. The molecular weight excluding hydrogens is 382 g/mol. The molecule has 0 radical (unpaired) electrons. The van der Waals surface area contributed by atoms with Gasteiger partial charge in [0.2, 0.25) is 0 Å². The topological polar surface area (TPSA) is 114 Å². The molecule has 2 aromatic rings. The van der Waals surface area contributed by atoms with Gasteiger partial charge in [0.15, 0.2) is 12.4 Å². The molecule has 124 valence electrons. The van der Waals surface area contributed by atoms with Gasteiger partial charge in [-0.05, 0) is 42.0 Å². The first-order chi connectivity index (χ1) is 11.5. The summed E-state index contributed by atoms with van der Waals surface area (Å²) in [5.41, 5.74) is 2.67. The van der Waals surface area contributed by atoms with Crippen LogP contribution < -0.4 is 10.2 Å². The van der Waals surface area contributed by atoms with Gasteiger partial charge in [0.05, 0.1) is 11.1 Å². The second-order valence-corrected chi connectivity index (χ2v) is 5.46. The molecule has 1 amide bonds. The van der Waals surface area contributed by atoms with Gasteiger partial charge in [-0.15, -0.1) is 0 Å². The number of nitro groups is 1. The quantitative estimate of drug-likeness (QED) is 0.444. The molecule has 9 heteroatoms. The standard InChI is InChI=1S/C15H12BrN3O5/c16-11-3-6-14(13(7-11)19(22)23)24-9-15(21)18-17-8-10-1-4-12(20)5-2-10/h1-8,20H,9H2,(H,18,21)/b17-8+. The van der Waals surface area contributed by atoms with E-state index in [9.17, 15) is 14.9 Å². The van der Waals surface area contributed by atoms with Gasteiger partial charge >= 0.3 is 5.69 Å². The number of phenols is 1. The van der Waals surface area contributed by atoms with Crippen molar-refractivity contribution >= 4 is 33.7 Å². The molecular formula is C15H12BrN3O5. The molecule has 8 nitrogen and oxygen atoms in total. The van der Waals surface area contributed by atoms with Crippen LogP contribution in [0, 0.1) is 10.1 Å². The van der Waals surface area contributed by atoms with E-state index in [1.165, 1.54) is 30.5 Å². The van der Waals surface area contributed by atoms with Crippen molar-refractivity contribution in [2.45, 2.75) is 0 Å². The summed E-state index contributed by atoms with van der Waals surface area (Å²) in [4.78, 5) is 22.0. The molecule has 2 N–H and O–H groups in total. The maximum Gasteiger partial charge on any atom is 0.312 e. The number of halogens is 1. The first-order valence-corrected chi connectivity index (χ1v) is 7.42. The highest BCUT2D eigenvalue weighted by atomic mass is 79.9. The number of hydrogen-bond acceptors (Lipinski definition) is 6. The Morgan fingerprint density at radius 1 is 1.33 bits per heavy atom. The van der Waals surface area contributed by atoms with E-state index in [0.717, 1.165) is 0 Å². The van der Waals surface area contributed by atoms with Crippen LogP contribution in [0.1, 0.15) is 5.56 Å². The fraction of sp³-hybridized carbons (Fsp3) is 0.0667. The highest BCUT2D eigenvalue weighted by molar-refractivity contribution is 9.10. The predicted molar refractivity (Wildman–Crippen MR) is 90.1 cm³/mol. The third-order valence-corrected chi connectivity index (χ3v) is 3.27. The number of benzene rings is 2. The lowest BCUT2D eigenvalue weighted by Crippen LogP contribution is -2.24. The minimum atomic E-state index is -0.596. The van der Waals surface area contributed by atoms with E-state index in [-0.39, 0.29) is 17.2 Å². The Morgan fingerprint density at radius 2 is 2.04 bits per heavy atom. The van der Waals surface area contributed by atoms with E-state index in [4.69, 9.17) is 9.84 Å². The van der Waals surface area contributed by atoms with E-state index in [0.29, 0.717) is 10.0 Å². The average Bonchev–Trinajstić information content (AvgIpc) is 2.55. The number of ether oxygens (including phenoxy) is 1. The number of rotatable bonds is 6. The van der Waals surface area contributed by atoms with E-state index >= 15 is 0 Å². The molecule has 0 heterocycles. The Labute approximate surface area is 145 Å². The first-order valence-electron chi connectivity index (χ1n) is 6.63. The minimum Gasteiger partial charge on any atom is -0.508 e. The number of nitro benzene ring substituents is 1. The molecule has 0 saturated heterocycles. The number of aromatic hydroxyl groups is 1. The van der Waals surface area contributed by atoms with Crippen LogP contribution >= 0.6 is 15.9 Å². The van der Waals surface area contributed by atoms with Crippen molar-refractivity contribution in [2.75, 3.05) is 6.61 Å². The van der Waals surface area contributed by atoms with Gasteiger partial charge in [0, 0.05) is 10.5 Å². The SMILES string of the molecule is O=C(COc1ccc(Br)cc1[N+](=O)[O-])N/N=C/c1ccc(O)cc1. The van der Waals surface area contributed by atoms with Gasteiger partial charge in [-0.2, -0.15) is 5.10 Å². The molecule has 0 aromatic heterocycles. The number of phenolic OH excluding ortho intramolecular Hbond substituents is 1. The molecule has 0 spiro atoms. The first kappa shape index (κ1) is 17.4. The van der Waals surface area contributed by atoms with E-state index in [2.05, 4.69) is 26.5 Å². The van der Waals surface area contributed by atoms with Crippen molar-refractivity contribution < 1.29 is 19.6 Å². The number of hydrogen-bond donors (Lipinski definition) is 2. The zero-order valence-corrected chi connectivity index (χ0v) is 13.8.